The summed E-state index contributed by atoms with van der Waals surface area (Å²) < 4.78 is 48.3. The van der Waals surface area contributed by atoms with Gasteiger partial charge in [-0.15, -0.1) is 5.10 Å². The van der Waals surface area contributed by atoms with Crippen molar-refractivity contribution in [3.63, 3.8) is 0 Å². The third-order valence-electron chi connectivity index (χ3n) is 5.80. The number of hydrogen-bond acceptors (Lipinski definition) is 7. The Balaban J connectivity index is 1.40. The van der Waals surface area contributed by atoms with Gasteiger partial charge in [0.1, 0.15) is 11.3 Å². The summed E-state index contributed by atoms with van der Waals surface area (Å²) in [5, 5.41) is 8.92. The van der Waals surface area contributed by atoms with E-state index < -0.39 is 11.9 Å². The van der Waals surface area contributed by atoms with E-state index in [9.17, 15) is 13.2 Å². The number of anilines is 1. The van der Waals surface area contributed by atoms with E-state index >= 15 is 0 Å². The number of halogens is 3. The molecule has 1 aliphatic heterocycles. The van der Waals surface area contributed by atoms with Crippen molar-refractivity contribution in [2.75, 3.05) is 25.9 Å². The number of ether oxygens (including phenoxy) is 1. The Hall–Kier alpha value is -3.41. The fourth-order valence-electron chi connectivity index (χ4n) is 4.26. The molecule has 1 aromatic carbocycles. The molecule has 0 spiro atoms. The van der Waals surface area contributed by atoms with Gasteiger partial charge in [-0.2, -0.15) is 22.8 Å². The van der Waals surface area contributed by atoms with Gasteiger partial charge in [0.25, 0.3) is 0 Å². The van der Waals surface area contributed by atoms with Crippen molar-refractivity contribution in [1.29, 1.82) is 0 Å². The molecule has 0 aliphatic carbocycles. The molecule has 12 heteroatoms. The van der Waals surface area contributed by atoms with Crippen LogP contribution in [0.4, 0.5) is 19.1 Å². The first kappa shape index (κ1) is 20.5. The highest BCUT2D eigenvalue weighted by Gasteiger charge is 2.40. The van der Waals surface area contributed by atoms with E-state index in [0.717, 1.165) is 5.39 Å². The topological polar surface area (TPSA) is 99.4 Å². The van der Waals surface area contributed by atoms with Crippen LogP contribution in [0.15, 0.2) is 18.2 Å². The second kappa shape index (κ2) is 7.33. The van der Waals surface area contributed by atoms with E-state index in [1.807, 2.05) is 17.0 Å². The number of rotatable bonds is 4. The number of nitrogens with zero attached hydrogens (tertiary/aromatic N) is 7. The highest BCUT2D eigenvalue weighted by molar-refractivity contribution is 5.95. The van der Waals surface area contributed by atoms with Gasteiger partial charge in [-0.1, -0.05) is 6.07 Å². The van der Waals surface area contributed by atoms with Crippen LogP contribution in [0.3, 0.4) is 0 Å². The first-order chi connectivity index (χ1) is 15.3. The van der Waals surface area contributed by atoms with Gasteiger partial charge in [0.15, 0.2) is 17.2 Å². The minimum atomic E-state index is -4.47. The first-order valence-corrected chi connectivity index (χ1v) is 10.1. The number of hydrogen-bond donors (Lipinski definition) is 1. The van der Waals surface area contributed by atoms with Crippen LogP contribution in [0.5, 0.6) is 5.75 Å². The van der Waals surface area contributed by atoms with Gasteiger partial charge in [-0.25, -0.2) is 9.97 Å². The van der Waals surface area contributed by atoms with Crippen molar-refractivity contribution in [1.82, 2.24) is 34.3 Å². The molecule has 0 saturated carbocycles. The highest BCUT2D eigenvalue weighted by Crippen LogP contribution is 2.35. The van der Waals surface area contributed by atoms with E-state index in [-0.39, 0.29) is 18.1 Å². The molecule has 9 nitrogen and oxygen atoms in total. The monoisotopic (exact) mass is 446 g/mol. The molecular formula is C20H21F3N8O. The Labute approximate surface area is 180 Å². The zero-order valence-electron chi connectivity index (χ0n) is 17.5. The van der Waals surface area contributed by atoms with Crippen LogP contribution in [-0.4, -0.2) is 54.5 Å². The van der Waals surface area contributed by atoms with Gasteiger partial charge in [0.05, 0.1) is 7.11 Å². The lowest BCUT2D eigenvalue weighted by Crippen LogP contribution is -2.33. The number of benzene rings is 1. The third kappa shape index (κ3) is 3.30. The van der Waals surface area contributed by atoms with Gasteiger partial charge in [-0.3, -0.25) is 9.58 Å². The summed E-state index contributed by atoms with van der Waals surface area (Å²) in [5.74, 6) is 1.31. The summed E-state index contributed by atoms with van der Waals surface area (Å²) >= 11 is 0. The van der Waals surface area contributed by atoms with E-state index in [1.54, 1.807) is 20.2 Å². The van der Waals surface area contributed by atoms with Crippen LogP contribution < -0.4 is 10.5 Å². The van der Waals surface area contributed by atoms with Crippen LogP contribution in [0.2, 0.25) is 0 Å². The second-order valence-electron chi connectivity index (χ2n) is 7.76. The quantitative estimate of drug-likeness (QED) is 0.513. The lowest BCUT2D eigenvalue weighted by atomic mass is 10.0. The number of para-hydroxylation sites is 1. The van der Waals surface area contributed by atoms with E-state index in [1.165, 1.54) is 9.20 Å². The molecule has 1 aliphatic rings. The van der Waals surface area contributed by atoms with E-state index in [4.69, 9.17) is 10.5 Å². The maximum Gasteiger partial charge on any atom is 0.435 e. The maximum absolute atomic E-state index is 13.4. The van der Waals surface area contributed by atoms with Gasteiger partial charge in [0.2, 0.25) is 5.95 Å². The molecule has 4 aromatic rings. The van der Waals surface area contributed by atoms with Crippen LogP contribution in [0.1, 0.15) is 22.8 Å². The van der Waals surface area contributed by atoms with Crippen LogP contribution in [0, 0.1) is 0 Å². The van der Waals surface area contributed by atoms with Crippen LogP contribution in [-0.2, 0) is 32.6 Å². The SMILES string of the molecule is COc1cccc2c1nc(N)n1nc(CCN3CCc4c(c(C(F)(F)F)nn4C)C3)nc21. The summed E-state index contributed by atoms with van der Waals surface area (Å²) in [4.78, 5) is 11.0. The molecule has 168 valence electrons. The van der Waals surface area contributed by atoms with Crippen molar-refractivity contribution in [2.45, 2.75) is 25.6 Å². The zero-order valence-corrected chi connectivity index (χ0v) is 17.5. The number of aryl methyl sites for hydroxylation is 1. The van der Waals surface area contributed by atoms with Crippen molar-refractivity contribution in [3.05, 3.63) is 41.0 Å². The lowest BCUT2D eigenvalue weighted by molar-refractivity contribution is -0.142. The van der Waals surface area contributed by atoms with Gasteiger partial charge >= 0.3 is 6.18 Å². The Kier molecular flexibility index (Phi) is 4.69. The molecule has 4 heterocycles. The van der Waals surface area contributed by atoms with Crippen LogP contribution in [0.25, 0.3) is 16.6 Å². The smallest absolute Gasteiger partial charge is 0.435 e. The molecule has 0 fully saturated rings. The number of nitrogen functional groups attached to an aromatic ring is 1. The minimum Gasteiger partial charge on any atom is -0.494 e. The van der Waals surface area contributed by atoms with Gasteiger partial charge in [-0.05, 0) is 12.1 Å². The summed E-state index contributed by atoms with van der Waals surface area (Å²) in [7, 11) is 3.12. The van der Waals surface area contributed by atoms with Gasteiger partial charge < -0.3 is 10.5 Å². The molecule has 5 rings (SSSR count). The summed E-state index contributed by atoms with van der Waals surface area (Å²) in [5.41, 5.74) is 7.33. The Morgan fingerprint density at radius 3 is 2.75 bits per heavy atom. The molecule has 0 amide bonds. The molecule has 32 heavy (non-hydrogen) atoms. The minimum absolute atomic E-state index is 0.184. The van der Waals surface area contributed by atoms with Crippen molar-refractivity contribution >= 4 is 22.5 Å². The van der Waals surface area contributed by atoms with Crippen LogP contribution >= 0.6 is 0 Å². The number of alkyl halides is 3. The molecule has 0 bridgehead atoms. The normalized spacial score (nSPS) is 14.9. The molecule has 0 atom stereocenters. The molecule has 0 unspecified atom stereocenters. The van der Waals surface area contributed by atoms with Crippen molar-refractivity contribution in [3.8, 4) is 5.75 Å². The number of fused-ring (bicyclic) bond motifs is 4. The Morgan fingerprint density at radius 1 is 1.19 bits per heavy atom. The molecule has 0 saturated heterocycles. The Morgan fingerprint density at radius 2 is 2.00 bits per heavy atom. The van der Waals surface area contributed by atoms with Crippen molar-refractivity contribution in [2.24, 2.45) is 7.05 Å². The highest BCUT2D eigenvalue weighted by atomic mass is 19.4. The molecular weight excluding hydrogens is 425 g/mol. The summed E-state index contributed by atoms with van der Waals surface area (Å²) in [6, 6.07) is 5.50. The fraction of sp³-hybridized carbons (Fsp3) is 0.400. The number of aromatic nitrogens is 6. The molecule has 3 aromatic heterocycles. The lowest BCUT2D eigenvalue weighted by Gasteiger charge is -2.27. The zero-order chi connectivity index (χ0) is 22.6. The largest absolute Gasteiger partial charge is 0.494 e. The van der Waals surface area contributed by atoms with Crippen molar-refractivity contribution < 1.29 is 17.9 Å². The standard InChI is InChI=1S/C20H21F3N8O/c1-29-13-6-8-30(10-12(13)17(28-29)20(21,22)23)9-7-15-25-18-11-4-3-5-14(32-2)16(11)26-19(24)31(18)27-15/h3-5H,6-10H2,1-2H3,(H2,24,26). The predicted octanol–water partition coefficient (Wildman–Crippen LogP) is 2.22. The first-order valence-electron chi connectivity index (χ1n) is 10.1. The average molecular weight is 446 g/mol. The average Bonchev–Trinajstić information content (AvgIpc) is 3.34. The number of nitrogens with two attached hydrogens (primary N) is 1. The maximum atomic E-state index is 13.4. The molecule has 0 radical (unpaired) electrons. The third-order valence-corrected chi connectivity index (χ3v) is 5.80. The fourth-order valence-corrected chi connectivity index (χ4v) is 4.26. The predicted molar refractivity (Wildman–Crippen MR) is 110 cm³/mol. The van der Waals surface area contributed by atoms with E-state index in [2.05, 4.69) is 20.2 Å². The van der Waals surface area contributed by atoms with E-state index in [0.29, 0.717) is 54.4 Å². The summed E-state index contributed by atoms with van der Waals surface area (Å²) in [6.07, 6.45) is -3.50. The second-order valence-corrected chi connectivity index (χ2v) is 7.76. The summed E-state index contributed by atoms with van der Waals surface area (Å²) in [6.45, 7) is 1.34. The number of methoxy groups -OCH3 is 1. The molecule has 2 N–H and O–H groups in total. The Bertz CT molecular complexity index is 1330. The van der Waals surface area contributed by atoms with Gasteiger partial charge in [0, 0.05) is 56.2 Å².